The molecule has 2 heteroatoms. The maximum Gasteiger partial charge on any atom is 0.0605 e. The summed E-state index contributed by atoms with van der Waals surface area (Å²) in [5.74, 6) is 0. The molecule has 88 valence electrons. The summed E-state index contributed by atoms with van der Waals surface area (Å²) < 4.78 is 0. The van der Waals surface area contributed by atoms with Crippen LogP contribution < -0.4 is 5.32 Å². The van der Waals surface area contributed by atoms with Crippen LogP contribution in [0, 0.1) is 0 Å². The highest BCUT2D eigenvalue weighted by atomic mass is 14.9. The largest absolute Gasteiger partial charge is 0.309 e. The van der Waals surface area contributed by atoms with E-state index < -0.39 is 0 Å². The number of nitrogens with zero attached hydrogens (tertiary/aromatic N) is 1. The minimum Gasteiger partial charge on any atom is -0.309 e. The summed E-state index contributed by atoms with van der Waals surface area (Å²) in [6.45, 7) is 3.39. The third-order valence-electron chi connectivity index (χ3n) is 3.38. The number of hydrogen-bond acceptors (Lipinski definition) is 2. The normalized spacial score (nSPS) is 18.7. The SMILES string of the molecule is CCCCCCNC1CCc2cccnc21. The Morgan fingerprint density at radius 1 is 1.38 bits per heavy atom. The van der Waals surface area contributed by atoms with Gasteiger partial charge >= 0.3 is 0 Å². The second-order valence-corrected chi connectivity index (χ2v) is 4.65. The molecule has 2 rings (SSSR count). The maximum atomic E-state index is 4.49. The molecule has 0 spiro atoms. The third kappa shape index (κ3) is 2.82. The molecule has 0 saturated carbocycles. The van der Waals surface area contributed by atoms with Gasteiger partial charge in [0.2, 0.25) is 0 Å². The summed E-state index contributed by atoms with van der Waals surface area (Å²) in [4.78, 5) is 4.49. The van der Waals surface area contributed by atoms with Crippen molar-refractivity contribution in [2.75, 3.05) is 6.54 Å². The summed E-state index contributed by atoms with van der Waals surface area (Å²) in [5.41, 5.74) is 2.73. The lowest BCUT2D eigenvalue weighted by atomic mass is 10.2. The summed E-state index contributed by atoms with van der Waals surface area (Å²) in [5, 5.41) is 3.63. The van der Waals surface area contributed by atoms with Gasteiger partial charge < -0.3 is 5.32 Å². The second-order valence-electron chi connectivity index (χ2n) is 4.65. The van der Waals surface area contributed by atoms with Gasteiger partial charge in [-0.3, -0.25) is 4.98 Å². The van der Waals surface area contributed by atoms with Crippen LogP contribution in [0.3, 0.4) is 0 Å². The monoisotopic (exact) mass is 218 g/mol. The highest BCUT2D eigenvalue weighted by Crippen LogP contribution is 2.28. The predicted octanol–water partition coefficient (Wildman–Crippen LogP) is 3.24. The Kier molecular flexibility index (Phi) is 4.34. The zero-order valence-electron chi connectivity index (χ0n) is 10.2. The van der Waals surface area contributed by atoms with Crippen LogP contribution in [0.5, 0.6) is 0 Å². The molecular weight excluding hydrogens is 196 g/mol. The van der Waals surface area contributed by atoms with E-state index in [0.717, 1.165) is 6.54 Å². The van der Waals surface area contributed by atoms with E-state index in [0.29, 0.717) is 6.04 Å². The lowest BCUT2D eigenvalue weighted by molar-refractivity contribution is 0.499. The molecule has 1 aromatic heterocycles. The first-order chi connectivity index (χ1) is 7.92. The lowest BCUT2D eigenvalue weighted by Gasteiger charge is -2.12. The van der Waals surface area contributed by atoms with Crippen LogP contribution >= 0.6 is 0 Å². The number of unbranched alkanes of at least 4 members (excludes halogenated alkanes) is 3. The Hall–Kier alpha value is -0.890. The highest BCUT2D eigenvalue weighted by Gasteiger charge is 2.22. The first kappa shape index (κ1) is 11.6. The van der Waals surface area contributed by atoms with Crippen molar-refractivity contribution < 1.29 is 0 Å². The summed E-state index contributed by atoms with van der Waals surface area (Å²) in [7, 11) is 0. The van der Waals surface area contributed by atoms with Gasteiger partial charge in [-0.1, -0.05) is 32.3 Å². The van der Waals surface area contributed by atoms with Gasteiger partial charge in [0, 0.05) is 6.20 Å². The molecule has 0 aromatic carbocycles. The number of fused-ring (bicyclic) bond motifs is 1. The first-order valence-electron chi connectivity index (χ1n) is 6.59. The zero-order valence-corrected chi connectivity index (χ0v) is 10.2. The van der Waals surface area contributed by atoms with Crippen molar-refractivity contribution in [3.05, 3.63) is 29.6 Å². The maximum absolute atomic E-state index is 4.49. The van der Waals surface area contributed by atoms with E-state index >= 15 is 0 Å². The summed E-state index contributed by atoms with van der Waals surface area (Å²) in [6.07, 6.45) is 9.65. The molecule has 1 unspecified atom stereocenters. The number of rotatable bonds is 6. The van der Waals surface area contributed by atoms with Crippen molar-refractivity contribution in [1.29, 1.82) is 0 Å². The van der Waals surface area contributed by atoms with Gasteiger partial charge in [0.05, 0.1) is 11.7 Å². The Balaban J connectivity index is 1.76. The van der Waals surface area contributed by atoms with Crippen LogP contribution in [0.2, 0.25) is 0 Å². The minimum absolute atomic E-state index is 0.512. The Morgan fingerprint density at radius 3 is 3.19 bits per heavy atom. The minimum atomic E-state index is 0.512. The number of pyridine rings is 1. The van der Waals surface area contributed by atoms with Gasteiger partial charge in [-0.05, 0) is 37.4 Å². The highest BCUT2D eigenvalue weighted by molar-refractivity contribution is 5.27. The molecule has 0 radical (unpaired) electrons. The molecule has 0 bridgehead atoms. The van der Waals surface area contributed by atoms with Crippen LogP contribution in [0.4, 0.5) is 0 Å². The fourth-order valence-electron chi connectivity index (χ4n) is 2.44. The van der Waals surface area contributed by atoms with Gasteiger partial charge in [-0.2, -0.15) is 0 Å². The number of aryl methyl sites for hydroxylation is 1. The van der Waals surface area contributed by atoms with E-state index in [1.54, 1.807) is 0 Å². The molecule has 16 heavy (non-hydrogen) atoms. The van der Waals surface area contributed by atoms with Crippen molar-refractivity contribution in [3.63, 3.8) is 0 Å². The quantitative estimate of drug-likeness (QED) is 0.741. The van der Waals surface area contributed by atoms with Crippen LogP contribution in [-0.2, 0) is 6.42 Å². The number of hydrogen-bond donors (Lipinski definition) is 1. The average Bonchev–Trinajstić information content (AvgIpc) is 2.73. The first-order valence-corrected chi connectivity index (χ1v) is 6.59. The smallest absolute Gasteiger partial charge is 0.0605 e. The van der Waals surface area contributed by atoms with E-state index in [-0.39, 0.29) is 0 Å². The molecule has 1 aliphatic carbocycles. The van der Waals surface area contributed by atoms with Crippen molar-refractivity contribution in [2.24, 2.45) is 0 Å². The topological polar surface area (TPSA) is 24.9 Å². The van der Waals surface area contributed by atoms with Gasteiger partial charge in [-0.25, -0.2) is 0 Å². The van der Waals surface area contributed by atoms with E-state index in [1.165, 1.54) is 49.8 Å². The standard InChI is InChI=1S/C14H22N2/c1-2-3-4-5-10-15-13-9-8-12-7-6-11-16-14(12)13/h6-7,11,13,15H,2-5,8-10H2,1H3. The summed E-state index contributed by atoms with van der Waals surface area (Å²) in [6, 6.07) is 4.77. The predicted molar refractivity (Wildman–Crippen MR) is 67.4 cm³/mol. The van der Waals surface area contributed by atoms with E-state index in [4.69, 9.17) is 0 Å². The Labute approximate surface area is 98.5 Å². The van der Waals surface area contributed by atoms with Crippen LogP contribution in [0.1, 0.15) is 56.3 Å². The van der Waals surface area contributed by atoms with E-state index in [9.17, 15) is 0 Å². The van der Waals surface area contributed by atoms with Crippen LogP contribution in [-0.4, -0.2) is 11.5 Å². The Bertz CT molecular complexity index is 322. The van der Waals surface area contributed by atoms with Crippen molar-refractivity contribution in [3.8, 4) is 0 Å². The van der Waals surface area contributed by atoms with Crippen LogP contribution in [0.15, 0.2) is 18.3 Å². The molecule has 1 N–H and O–H groups in total. The van der Waals surface area contributed by atoms with Gasteiger partial charge in [-0.15, -0.1) is 0 Å². The molecule has 1 aliphatic rings. The molecule has 1 aromatic rings. The molecular formula is C14H22N2. The summed E-state index contributed by atoms with van der Waals surface area (Å²) >= 11 is 0. The van der Waals surface area contributed by atoms with Gasteiger partial charge in [0.25, 0.3) is 0 Å². The average molecular weight is 218 g/mol. The second kappa shape index (κ2) is 6.00. The molecule has 0 amide bonds. The van der Waals surface area contributed by atoms with Gasteiger partial charge in [0.15, 0.2) is 0 Å². The number of nitrogens with one attached hydrogen (secondary N) is 1. The van der Waals surface area contributed by atoms with E-state index in [2.05, 4.69) is 23.3 Å². The fourth-order valence-corrected chi connectivity index (χ4v) is 2.44. The molecule has 0 aliphatic heterocycles. The molecule has 0 saturated heterocycles. The number of aromatic nitrogens is 1. The fraction of sp³-hybridized carbons (Fsp3) is 0.643. The third-order valence-corrected chi connectivity index (χ3v) is 3.38. The van der Waals surface area contributed by atoms with Crippen LogP contribution in [0.25, 0.3) is 0 Å². The molecule has 0 fully saturated rings. The molecule has 2 nitrogen and oxygen atoms in total. The molecule has 1 atom stereocenters. The van der Waals surface area contributed by atoms with Crippen molar-refractivity contribution in [1.82, 2.24) is 10.3 Å². The lowest BCUT2D eigenvalue weighted by Crippen LogP contribution is -2.21. The van der Waals surface area contributed by atoms with Crippen molar-refractivity contribution >= 4 is 0 Å². The Morgan fingerprint density at radius 2 is 2.31 bits per heavy atom. The van der Waals surface area contributed by atoms with Crippen molar-refractivity contribution in [2.45, 2.75) is 51.5 Å². The van der Waals surface area contributed by atoms with E-state index in [1.807, 2.05) is 12.3 Å². The zero-order chi connectivity index (χ0) is 11.2. The molecule has 1 heterocycles. The van der Waals surface area contributed by atoms with Gasteiger partial charge in [0.1, 0.15) is 0 Å².